The first-order chi connectivity index (χ1) is 13.7. The van der Waals surface area contributed by atoms with Crippen LogP contribution >= 0.6 is 23.4 Å². The standard InChI is InChI=1S/C20H18ClFN2O3S2/c1-12-2-5-14(21)9-16(12)24-17-10-29(26,27)11-18(17)28-20(24)23-19(25)8-13-3-6-15(22)7-4-13/h2-7,9,17-18H,8,10-11H2,1H3/t17-,18+/m0/s1. The largest absolute Gasteiger partial charge is 0.315 e. The van der Waals surface area contributed by atoms with E-state index in [0.717, 1.165) is 11.3 Å². The van der Waals surface area contributed by atoms with Crippen molar-refractivity contribution in [3.63, 3.8) is 0 Å². The van der Waals surface area contributed by atoms with Crippen molar-refractivity contribution in [1.82, 2.24) is 0 Å². The van der Waals surface area contributed by atoms with Gasteiger partial charge in [-0.3, -0.25) is 4.79 Å². The number of hydrogen-bond acceptors (Lipinski definition) is 4. The molecule has 2 saturated heterocycles. The summed E-state index contributed by atoms with van der Waals surface area (Å²) in [7, 11) is -3.14. The van der Waals surface area contributed by atoms with Crippen LogP contribution in [-0.2, 0) is 21.1 Å². The predicted molar refractivity (Wildman–Crippen MR) is 115 cm³/mol. The molecule has 0 aromatic heterocycles. The van der Waals surface area contributed by atoms with Crippen molar-refractivity contribution >= 4 is 50.0 Å². The molecular formula is C20H18ClFN2O3S2. The topological polar surface area (TPSA) is 66.8 Å². The molecule has 2 aliphatic rings. The number of nitrogens with zero attached hydrogens (tertiary/aromatic N) is 2. The van der Waals surface area contributed by atoms with Gasteiger partial charge in [0, 0.05) is 16.0 Å². The molecule has 0 N–H and O–H groups in total. The number of thioether (sulfide) groups is 1. The van der Waals surface area contributed by atoms with Crippen molar-refractivity contribution < 1.29 is 17.6 Å². The molecule has 0 spiro atoms. The molecule has 2 aliphatic heterocycles. The highest BCUT2D eigenvalue weighted by Gasteiger charge is 2.49. The van der Waals surface area contributed by atoms with E-state index in [0.29, 0.717) is 15.8 Å². The molecule has 2 heterocycles. The zero-order valence-electron chi connectivity index (χ0n) is 15.5. The Morgan fingerprint density at radius 3 is 2.69 bits per heavy atom. The lowest BCUT2D eigenvalue weighted by molar-refractivity contribution is -0.117. The highest BCUT2D eigenvalue weighted by atomic mass is 35.5. The zero-order valence-corrected chi connectivity index (χ0v) is 17.9. The molecule has 5 nitrogen and oxygen atoms in total. The van der Waals surface area contributed by atoms with E-state index in [4.69, 9.17) is 11.6 Å². The lowest BCUT2D eigenvalue weighted by Crippen LogP contribution is -2.38. The molecule has 152 valence electrons. The first-order valence-electron chi connectivity index (χ1n) is 9.00. The molecule has 1 amide bonds. The third-order valence-electron chi connectivity index (χ3n) is 4.99. The van der Waals surface area contributed by atoms with Crippen LogP contribution in [0.25, 0.3) is 0 Å². The minimum absolute atomic E-state index is 0.0157. The summed E-state index contributed by atoms with van der Waals surface area (Å²) in [5, 5.41) is 0.819. The van der Waals surface area contributed by atoms with E-state index in [1.165, 1.54) is 23.9 Å². The number of aliphatic imine (C=N–C) groups is 1. The monoisotopic (exact) mass is 452 g/mol. The fourth-order valence-corrected chi connectivity index (χ4v) is 7.70. The van der Waals surface area contributed by atoms with Crippen LogP contribution in [-0.4, -0.2) is 42.3 Å². The molecule has 9 heteroatoms. The van der Waals surface area contributed by atoms with Crippen LogP contribution in [0.15, 0.2) is 47.5 Å². The number of amidine groups is 1. The summed E-state index contributed by atoms with van der Waals surface area (Å²) in [6.45, 7) is 1.91. The first-order valence-corrected chi connectivity index (χ1v) is 12.1. The minimum atomic E-state index is -3.14. The second-order valence-corrected chi connectivity index (χ2v) is 11.0. The van der Waals surface area contributed by atoms with E-state index in [2.05, 4.69) is 4.99 Å². The van der Waals surface area contributed by atoms with Crippen molar-refractivity contribution in [3.8, 4) is 0 Å². The van der Waals surface area contributed by atoms with Gasteiger partial charge < -0.3 is 4.90 Å². The predicted octanol–water partition coefficient (Wildman–Crippen LogP) is 3.63. The SMILES string of the molecule is Cc1ccc(Cl)cc1N1C(=NC(=O)Cc2ccc(F)cc2)S[C@@H]2CS(=O)(=O)C[C@@H]21. The van der Waals surface area contributed by atoms with Crippen LogP contribution in [0, 0.1) is 12.7 Å². The molecule has 2 aromatic rings. The Balaban J connectivity index is 1.67. The number of amides is 1. The Bertz CT molecular complexity index is 1100. The Labute approximate surface area is 177 Å². The summed E-state index contributed by atoms with van der Waals surface area (Å²) in [5.74, 6) is -0.659. The quantitative estimate of drug-likeness (QED) is 0.711. The number of benzene rings is 2. The number of carbonyl (C=O) groups excluding carboxylic acids is 1. The third-order valence-corrected chi connectivity index (χ3v) is 8.43. The molecular weight excluding hydrogens is 435 g/mol. The van der Waals surface area contributed by atoms with Gasteiger partial charge in [-0.1, -0.05) is 41.6 Å². The number of hydrogen-bond donors (Lipinski definition) is 0. The number of rotatable bonds is 3. The fraction of sp³-hybridized carbons (Fsp3) is 0.300. The third kappa shape index (κ3) is 4.34. The van der Waals surface area contributed by atoms with Crippen LogP contribution in [0.1, 0.15) is 11.1 Å². The van der Waals surface area contributed by atoms with Gasteiger partial charge in [0.05, 0.1) is 24.0 Å². The Kier molecular flexibility index (Phi) is 5.44. The van der Waals surface area contributed by atoms with Gasteiger partial charge in [0.15, 0.2) is 15.0 Å². The fourth-order valence-electron chi connectivity index (χ4n) is 3.61. The Morgan fingerprint density at radius 1 is 1.24 bits per heavy atom. The second-order valence-electron chi connectivity index (χ2n) is 7.19. The van der Waals surface area contributed by atoms with Gasteiger partial charge in [-0.15, -0.1) is 0 Å². The molecule has 0 saturated carbocycles. The number of sulfone groups is 1. The summed E-state index contributed by atoms with van der Waals surface area (Å²) in [6.07, 6.45) is 0.0420. The van der Waals surface area contributed by atoms with Gasteiger partial charge in [-0.05, 0) is 42.3 Å². The maximum atomic E-state index is 13.1. The smallest absolute Gasteiger partial charge is 0.252 e. The maximum absolute atomic E-state index is 13.1. The van der Waals surface area contributed by atoms with E-state index >= 15 is 0 Å². The molecule has 2 aromatic carbocycles. The van der Waals surface area contributed by atoms with Crippen molar-refractivity contribution in [2.45, 2.75) is 24.6 Å². The summed E-state index contributed by atoms with van der Waals surface area (Å²) in [5.41, 5.74) is 2.33. The molecule has 4 rings (SSSR count). The molecule has 2 fully saturated rings. The highest BCUT2D eigenvalue weighted by Crippen LogP contribution is 2.42. The number of aryl methyl sites for hydroxylation is 1. The first kappa shape index (κ1) is 20.4. The Morgan fingerprint density at radius 2 is 1.97 bits per heavy atom. The van der Waals surface area contributed by atoms with Crippen LogP contribution < -0.4 is 4.90 Å². The summed E-state index contributed by atoms with van der Waals surface area (Å²) in [6, 6.07) is 10.8. The average molecular weight is 453 g/mol. The van der Waals surface area contributed by atoms with Gasteiger partial charge in [0.2, 0.25) is 0 Å². The van der Waals surface area contributed by atoms with Crippen LogP contribution in [0.2, 0.25) is 5.02 Å². The zero-order chi connectivity index (χ0) is 20.8. The lowest BCUT2D eigenvalue weighted by atomic mass is 10.1. The van der Waals surface area contributed by atoms with E-state index in [1.54, 1.807) is 24.3 Å². The van der Waals surface area contributed by atoms with Gasteiger partial charge >= 0.3 is 0 Å². The molecule has 2 atom stereocenters. The summed E-state index contributed by atoms with van der Waals surface area (Å²) in [4.78, 5) is 18.7. The van der Waals surface area contributed by atoms with Crippen molar-refractivity contribution in [2.75, 3.05) is 16.4 Å². The normalized spacial score (nSPS) is 24.1. The average Bonchev–Trinajstić information content (AvgIpc) is 3.10. The van der Waals surface area contributed by atoms with Gasteiger partial charge in [-0.25, -0.2) is 12.8 Å². The summed E-state index contributed by atoms with van der Waals surface area (Å²) >= 11 is 7.49. The van der Waals surface area contributed by atoms with Crippen molar-refractivity contribution in [3.05, 3.63) is 64.4 Å². The number of fused-ring (bicyclic) bond motifs is 1. The molecule has 0 radical (unpaired) electrons. The van der Waals surface area contributed by atoms with Gasteiger partial charge in [0.25, 0.3) is 5.91 Å². The Hall–Kier alpha value is -1.90. The van der Waals surface area contributed by atoms with Crippen LogP contribution in [0.3, 0.4) is 0 Å². The number of anilines is 1. The minimum Gasteiger partial charge on any atom is -0.315 e. The molecule has 0 aliphatic carbocycles. The van der Waals surface area contributed by atoms with Crippen LogP contribution in [0.5, 0.6) is 0 Å². The molecule has 29 heavy (non-hydrogen) atoms. The highest BCUT2D eigenvalue weighted by molar-refractivity contribution is 8.16. The second kappa shape index (κ2) is 7.74. The van der Waals surface area contributed by atoms with Crippen LogP contribution in [0.4, 0.5) is 10.1 Å². The van der Waals surface area contributed by atoms with E-state index in [-0.39, 0.29) is 40.9 Å². The van der Waals surface area contributed by atoms with Gasteiger partial charge in [0.1, 0.15) is 5.82 Å². The van der Waals surface area contributed by atoms with E-state index < -0.39 is 9.84 Å². The molecule has 0 unspecified atom stereocenters. The van der Waals surface area contributed by atoms with E-state index in [1.807, 2.05) is 17.9 Å². The number of carbonyl (C=O) groups is 1. The lowest BCUT2D eigenvalue weighted by Gasteiger charge is -2.26. The van der Waals surface area contributed by atoms with Gasteiger partial charge in [-0.2, -0.15) is 4.99 Å². The maximum Gasteiger partial charge on any atom is 0.252 e. The summed E-state index contributed by atoms with van der Waals surface area (Å²) < 4.78 is 37.4. The number of halogens is 2. The molecule has 0 bridgehead atoms. The van der Waals surface area contributed by atoms with Crippen molar-refractivity contribution in [2.24, 2.45) is 4.99 Å². The van der Waals surface area contributed by atoms with E-state index in [9.17, 15) is 17.6 Å². The van der Waals surface area contributed by atoms with Crippen molar-refractivity contribution in [1.29, 1.82) is 0 Å².